The minimum absolute atomic E-state index is 0.00127. The molecule has 1 aromatic carbocycles. The van der Waals surface area contributed by atoms with Crippen LogP contribution in [0.25, 0.3) is 0 Å². The zero-order valence-electron chi connectivity index (χ0n) is 6.54. The first-order chi connectivity index (χ1) is 6.06. The van der Waals surface area contributed by atoms with Crippen LogP contribution in [0.15, 0.2) is 29.2 Å². The second-order valence-electron chi connectivity index (χ2n) is 2.37. The average Bonchev–Trinajstić information content (AvgIpc) is 2.05. The molecule has 0 aromatic heterocycles. The number of hydrogen-bond donors (Lipinski definition) is 1. The van der Waals surface area contributed by atoms with E-state index in [9.17, 15) is 13.0 Å². The second kappa shape index (κ2) is 3.85. The summed E-state index contributed by atoms with van der Waals surface area (Å²) in [6, 6.07) is 5.09. The summed E-state index contributed by atoms with van der Waals surface area (Å²) in [4.78, 5) is 0.0636. The molecule has 0 aliphatic rings. The van der Waals surface area contributed by atoms with E-state index in [0.717, 1.165) is 0 Å². The number of hydrogen-bond acceptors (Lipinski definition) is 4. The molecule has 1 aromatic rings. The lowest BCUT2D eigenvalue weighted by molar-refractivity contribution is 0.475. The molecule has 0 fully saturated rings. The molecule has 0 atom stereocenters. The lowest BCUT2D eigenvalue weighted by Crippen LogP contribution is -2.01. The zero-order chi connectivity index (χ0) is 9.90. The van der Waals surface area contributed by atoms with E-state index in [1.165, 1.54) is 24.3 Å². The summed E-state index contributed by atoms with van der Waals surface area (Å²) in [5.74, 6) is -0.00127. The highest BCUT2D eigenvalue weighted by Crippen LogP contribution is 2.17. The Balaban J connectivity index is 3.08. The molecule has 0 unspecified atom stereocenters. The molecule has 6 heteroatoms. The molecular formula is C7H7O4PS. The molecule has 1 N–H and O–H groups in total. The molecule has 4 nitrogen and oxygen atoms in total. The third-order valence-electron chi connectivity index (χ3n) is 1.42. The van der Waals surface area contributed by atoms with Gasteiger partial charge in [-0.2, -0.15) is 0 Å². The number of phenolic OH excluding ortho intramolecular Hbond substituents is 1. The third-order valence-corrected chi connectivity index (χ3v) is 4.19. The van der Waals surface area contributed by atoms with E-state index >= 15 is 0 Å². The Morgan fingerprint density at radius 1 is 1.23 bits per heavy atom. The van der Waals surface area contributed by atoms with Crippen LogP contribution in [0.3, 0.4) is 0 Å². The summed E-state index contributed by atoms with van der Waals surface area (Å²) >= 11 is 0. The summed E-state index contributed by atoms with van der Waals surface area (Å²) in [5.41, 5.74) is -0.433. The molecular weight excluding hydrogens is 211 g/mol. The van der Waals surface area contributed by atoms with Crippen LogP contribution in [0.1, 0.15) is 0 Å². The molecule has 0 saturated carbocycles. The van der Waals surface area contributed by atoms with Gasteiger partial charge in [0.2, 0.25) is 0 Å². The monoisotopic (exact) mass is 218 g/mol. The molecule has 0 spiro atoms. The Morgan fingerprint density at radius 3 is 2.23 bits per heavy atom. The number of aromatic hydroxyl groups is 1. The summed E-state index contributed by atoms with van der Waals surface area (Å²) < 4.78 is 32.6. The van der Waals surface area contributed by atoms with Gasteiger partial charge in [-0.3, -0.25) is 4.57 Å². The molecule has 13 heavy (non-hydrogen) atoms. The summed E-state index contributed by atoms with van der Waals surface area (Å²) in [6.45, 7) is 0. The largest absolute Gasteiger partial charge is 0.508 e. The summed E-state index contributed by atoms with van der Waals surface area (Å²) in [5, 5.41) is 8.89. The van der Waals surface area contributed by atoms with Gasteiger partial charge in [0.15, 0.2) is 18.3 Å². The van der Waals surface area contributed by atoms with Crippen LogP contribution in [0, 0.1) is 0 Å². The molecule has 0 aliphatic heterocycles. The van der Waals surface area contributed by atoms with Crippen molar-refractivity contribution in [1.82, 2.24) is 0 Å². The van der Waals surface area contributed by atoms with E-state index in [1.54, 1.807) is 0 Å². The molecule has 70 valence electrons. The first-order valence-corrected chi connectivity index (χ1v) is 6.02. The normalized spacial score (nSPS) is 11.7. The van der Waals surface area contributed by atoms with Crippen molar-refractivity contribution < 1.29 is 18.1 Å². The fourth-order valence-corrected chi connectivity index (χ4v) is 2.50. The van der Waals surface area contributed by atoms with Gasteiger partial charge in [-0.25, -0.2) is 8.42 Å². The third kappa shape index (κ3) is 2.50. The van der Waals surface area contributed by atoms with Crippen LogP contribution in [-0.4, -0.2) is 19.0 Å². The predicted molar refractivity (Wildman–Crippen MR) is 47.8 cm³/mol. The zero-order valence-corrected chi connectivity index (χ0v) is 8.25. The Labute approximate surface area is 77.3 Å². The minimum Gasteiger partial charge on any atom is -0.508 e. The molecule has 0 saturated heterocycles. The van der Waals surface area contributed by atoms with Crippen LogP contribution in [-0.2, 0) is 14.4 Å². The van der Waals surface area contributed by atoms with Gasteiger partial charge in [0, 0.05) is 0 Å². The van der Waals surface area contributed by atoms with Crippen molar-refractivity contribution >= 4 is 18.3 Å². The van der Waals surface area contributed by atoms with Gasteiger partial charge in [-0.15, -0.1) is 0 Å². The van der Waals surface area contributed by atoms with Crippen molar-refractivity contribution in [3.8, 4) is 5.75 Å². The van der Waals surface area contributed by atoms with E-state index in [4.69, 9.17) is 5.11 Å². The van der Waals surface area contributed by atoms with Crippen LogP contribution in [0.4, 0.5) is 0 Å². The Hall–Kier alpha value is -0.930. The van der Waals surface area contributed by atoms with E-state index in [1.807, 2.05) is 0 Å². The van der Waals surface area contributed by atoms with Gasteiger partial charge in [0.1, 0.15) is 11.2 Å². The van der Waals surface area contributed by atoms with Crippen LogP contribution in [0.5, 0.6) is 5.75 Å². The van der Waals surface area contributed by atoms with E-state index < -0.39 is 23.8 Å². The highest BCUT2D eigenvalue weighted by atomic mass is 32.2. The Bertz CT molecular complexity index is 395. The Kier molecular flexibility index (Phi) is 3.01. The maximum atomic E-state index is 11.3. The van der Waals surface area contributed by atoms with E-state index in [2.05, 4.69) is 0 Å². The van der Waals surface area contributed by atoms with Crippen LogP contribution < -0.4 is 0 Å². The first-order valence-electron chi connectivity index (χ1n) is 3.37. The van der Waals surface area contributed by atoms with Gasteiger partial charge >= 0.3 is 0 Å². The van der Waals surface area contributed by atoms with Crippen molar-refractivity contribution in [1.29, 1.82) is 0 Å². The fourth-order valence-electron chi connectivity index (χ4n) is 0.797. The fraction of sp³-hybridized carbons (Fsp3) is 0.143. The van der Waals surface area contributed by atoms with Gasteiger partial charge < -0.3 is 5.11 Å². The van der Waals surface area contributed by atoms with Crippen molar-refractivity contribution in [2.24, 2.45) is 0 Å². The molecule has 0 radical (unpaired) electrons. The minimum atomic E-state index is -3.46. The highest BCUT2D eigenvalue weighted by Gasteiger charge is 2.13. The van der Waals surface area contributed by atoms with Crippen LogP contribution in [0.2, 0.25) is 0 Å². The SMILES string of the molecule is O=PCS(=O)(=O)c1ccc(O)cc1. The van der Waals surface area contributed by atoms with Crippen molar-refractivity contribution in [2.45, 2.75) is 4.90 Å². The lowest BCUT2D eigenvalue weighted by atomic mass is 10.3. The van der Waals surface area contributed by atoms with Crippen molar-refractivity contribution in [2.75, 3.05) is 5.49 Å². The summed E-state index contributed by atoms with van der Waals surface area (Å²) in [6.07, 6.45) is 0. The van der Waals surface area contributed by atoms with Gasteiger partial charge in [0.25, 0.3) is 0 Å². The van der Waals surface area contributed by atoms with E-state index in [0.29, 0.717) is 0 Å². The van der Waals surface area contributed by atoms with E-state index in [-0.39, 0.29) is 10.6 Å². The van der Waals surface area contributed by atoms with Crippen LogP contribution >= 0.6 is 8.46 Å². The first kappa shape index (κ1) is 10.2. The predicted octanol–water partition coefficient (Wildman–Crippen LogP) is 1.42. The number of sulfone groups is 1. The maximum Gasteiger partial charge on any atom is 0.189 e. The van der Waals surface area contributed by atoms with Gasteiger partial charge in [-0.1, -0.05) is 0 Å². The molecule has 0 amide bonds. The number of rotatable bonds is 3. The molecule has 0 bridgehead atoms. The topological polar surface area (TPSA) is 71.4 Å². The number of phenols is 1. The quantitative estimate of drug-likeness (QED) is 0.778. The van der Waals surface area contributed by atoms with Gasteiger partial charge in [-0.05, 0) is 24.3 Å². The standard InChI is InChI=1S/C7H7O4PS/c8-6-1-3-7(4-2-6)13(10,11)5-12-9/h1-4,8H,5H2. The molecule has 1 rings (SSSR count). The highest BCUT2D eigenvalue weighted by molar-refractivity contribution is 7.95. The van der Waals surface area contributed by atoms with Gasteiger partial charge in [0.05, 0.1) is 4.90 Å². The second-order valence-corrected chi connectivity index (χ2v) is 5.36. The maximum absolute atomic E-state index is 11.3. The Morgan fingerprint density at radius 2 is 1.77 bits per heavy atom. The van der Waals surface area contributed by atoms with Crippen molar-refractivity contribution in [3.05, 3.63) is 24.3 Å². The average molecular weight is 218 g/mol. The molecule has 0 aliphatic carbocycles. The molecule has 0 heterocycles. The summed E-state index contributed by atoms with van der Waals surface area (Å²) in [7, 11) is -3.89. The smallest absolute Gasteiger partial charge is 0.189 e. The number of benzene rings is 1. The lowest BCUT2D eigenvalue weighted by Gasteiger charge is -1.98. The van der Waals surface area contributed by atoms with Crippen molar-refractivity contribution in [3.63, 3.8) is 0 Å².